The summed E-state index contributed by atoms with van der Waals surface area (Å²) < 4.78 is 2.36. The van der Waals surface area contributed by atoms with Crippen molar-refractivity contribution in [3.8, 4) is 11.3 Å². The zero-order valence-electron chi connectivity index (χ0n) is 18.5. The Kier molecular flexibility index (Phi) is 4.56. The molecule has 0 spiro atoms. The van der Waals surface area contributed by atoms with E-state index in [0.717, 1.165) is 5.69 Å². The molecular formula is C26H33N2+. The number of aryl methyl sites for hydroxylation is 4. The maximum absolute atomic E-state index is 5.18. The fourth-order valence-corrected chi connectivity index (χ4v) is 5.22. The van der Waals surface area contributed by atoms with Gasteiger partial charge in [-0.2, -0.15) is 4.57 Å². The van der Waals surface area contributed by atoms with Crippen LogP contribution in [0.25, 0.3) is 22.3 Å². The van der Waals surface area contributed by atoms with E-state index in [4.69, 9.17) is 4.98 Å². The van der Waals surface area contributed by atoms with Crippen LogP contribution in [0.2, 0.25) is 0 Å². The molecule has 1 aliphatic carbocycles. The van der Waals surface area contributed by atoms with Gasteiger partial charge >= 0.3 is 0 Å². The van der Waals surface area contributed by atoms with Gasteiger partial charge in [0.2, 0.25) is 11.2 Å². The highest BCUT2D eigenvalue weighted by Crippen LogP contribution is 2.47. The molecule has 1 fully saturated rings. The molecule has 3 aromatic rings. The summed E-state index contributed by atoms with van der Waals surface area (Å²) in [4.78, 5) is 5.18. The van der Waals surface area contributed by atoms with Crippen molar-refractivity contribution in [3.63, 3.8) is 0 Å². The normalized spacial score (nSPS) is 18.8. The van der Waals surface area contributed by atoms with Crippen LogP contribution in [0.4, 0.5) is 0 Å². The van der Waals surface area contributed by atoms with Gasteiger partial charge in [0.1, 0.15) is 18.3 Å². The van der Waals surface area contributed by atoms with Crippen LogP contribution < -0.4 is 4.57 Å². The van der Waals surface area contributed by atoms with Gasteiger partial charge in [-0.1, -0.05) is 37.6 Å². The van der Waals surface area contributed by atoms with Gasteiger partial charge in [0.05, 0.1) is 5.56 Å². The van der Waals surface area contributed by atoms with E-state index in [-0.39, 0.29) is 0 Å². The maximum Gasteiger partial charge on any atom is 0.234 e. The van der Waals surface area contributed by atoms with Gasteiger partial charge in [0, 0.05) is 6.07 Å². The predicted octanol–water partition coefficient (Wildman–Crippen LogP) is 6.25. The minimum absolute atomic E-state index is 0.445. The van der Waals surface area contributed by atoms with Gasteiger partial charge in [0.25, 0.3) is 0 Å². The lowest BCUT2D eigenvalue weighted by Gasteiger charge is -2.18. The molecule has 0 aliphatic heterocycles. The van der Waals surface area contributed by atoms with Crippen molar-refractivity contribution >= 4 is 11.0 Å². The van der Waals surface area contributed by atoms with Gasteiger partial charge in [-0.25, -0.2) is 4.98 Å². The van der Waals surface area contributed by atoms with Crippen molar-refractivity contribution < 1.29 is 4.57 Å². The van der Waals surface area contributed by atoms with E-state index in [1.165, 1.54) is 63.8 Å². The second kappa shape index (κ2) is 6.69. The first-order chi connectivity index (χ1) is 13.2. The summed E-state index contributed by atoms with van der Waals surface area (Å²) in [6.07, 6.45) is 3.84. The molecule has 4 rings (SSSR count). The standard InChI is InChI=1S/C26H33N2/c1-16-13-17(2)18(3)22(14-16)25-19(4)27-24-21(9-8-10-23(24)28(25)7)20-11-12-26(5,6)15-20/h8-10,13-14,20H,11-12,15H2,1-7H3/q+1. The van der Waals surface area contributed by atoms with Crippen molar-refractivity contribution in [3.05, 3.63) is 58.3 Å². The molecular weight excluding hydrogens is 340 g/mol. The number of aromatic nitrogens is 2. The lowest BCUT2D eigenvalue weighted by Crippen LogP contribution is -2.34. The fraction of sp³-hybridized carbons (Fsp3) is 0.462. The Labute approximate surface area is 169 Å². The predicted molar refractivity (Wildman–Crippen MR) is 118 cm³/mol. The van der Waals surface area contributed by atoms with E-state index >= 15 is 0 Å². The molecule has 2 heteroatoms. The number of benzene rings is 2. The Balaban J connectivity index is 1.94. The third-order valence-electron chi connectivity index (χ3n) is 6.84. The van der Waals surface area contributed by atoms with Gasteiger partial charge in [-0.05, 0) is 81.0 Å². The smallest absolute Gasteiger partial charge is 0.234 e. The monoisotopic (exact) mass is 373 g/mol. The van der Waals surface area contributed by atoms with E-state index < -0.39 is 0 Å². The second-order valence-corrected chi connectivity index (χ2v) is 9.68. The highest BCUT2D eigenvalue weighted by atomic mass is 15.0. The summed E-state index contributed by atoms with van der Waals surface area (Å²) in [5, 5.41) is 0. The quantitative estimate of drug-likeness (QED) is 0.485. The molecule has 2 aromatic carbocycles. The lowest BCUT2D eigenvalue weighted by atomic mass is 9.88. The van der Waals surface area contributed by atoms with E-state index in [1.807, 2.05) is 0 Å². The molecule has 1 unspecified atom stereocenters. The molecule has 1 aromatic heterocycles. The molecule has 1 heterocycles. The summed E-state index contributed by atoms with van der Waals surface area (Å²) in [5.41, 5.74) is 12.0. The zero-order chi connectivity index (χ0) is 20.2. The van der Waals surface area contributed by atoms with E-state index in [2.05, 4.69) is 83.5 Å². The molecule has 0 bridgehead atoms. The largest absolute Gasteiger partial charge is 0.239 e. The van der Waals surface area contributed by atoms with Crippen molar-refractivity contribution in [2.75, 3.05) is 0 Å². The average Bonchev–Trinajstić information content (AvgIpc) is 2.98. The van der Waals surface area contributed by atoms with Gasteiger partial charge in [0.15, 0.2) is 0 Å². The van der Waals surface area contributed by atoms with E-state index in [1.54, 1.807) is 0 Å². The second-order valence-electron chi connectivity index (χ2n) is 9.68. The first-order valence-electron chi connectivity index (χ1n) is 10.6. The van der Waals surface area contributed by atoms with Gasteiger partial charge in [-0.3, -0.25) is 0 Å². The Morgan fingerprint density at radius 2 is 1.82 bits per heavy atom. The molecule has 1 saturated carbocycles. The molecule has 0 N–H and O–H groups in total. The highest BCUT2D eigenvalue weighted by molar-refractivity contribution is 5.78. The summed E-state index contributed by atoms with van der Waals surface area (Å²) in [7, 11) is 2.20. The van der Waals surface area contributed by atoms with Crippen LogP contribution in [-0.4, -0.2) is 4.98 Å². The summed E-state index contributed by atoms with van der Waals surface area (Å²) in [6.45, 7) is 13.6. The molecule has 1 aliphatic rings. The Hall–Kier alpha value is -2.22. The number of fused-ring (bicyclic) bond motifs is 1. The van der Waals surface area contributed by atoms with Crippen LogP contribution in [0.1, 0.15) is 67.0 Å². The molecule has 0 amide bonds. The van der Waals surface area contributed by atoms with Crippen LogP contribution in [0.3, 0.4) is 0 Å². The number of para-hydroxylation sites is 1. The topological polar surface area (TPSA) is 16.8 Å². The molecule has 0 saturated heterocycles. The van der Waals surface area contributed by atoms with Gasteiger partial charge in [-0.15, -0.1) is 0 Å². The summed E-state index contributed by atoms with van der Waals surface area (Å²) in [5.74, 6) is 0.624. The van der Waals surface area contributed by atoms with Crippen LogP contribution in [0.15, 0.2) is 30.3 Å². The van der Waals surface area contributed by atoms with Crippen LogP contribution >= 0.6 is 0 Å². The number of hydrogen-bond acceptors (Lipinski definition) is 1. The summed E-state index contributed by atoms with van der Waals surface area (Å²) >= 11 is 0. The van der Waals surface area contributed by atoms with Crippen molar-refractivity contribution in [2.24, 2.45) is 12.5 Å². The molecule has 28 heavy (non-hydrogen) atoms. The number of nitrogens with zero attached hydrogens (tertiary/aromatic N) is 2. The number of hydrogen-bond donors (Lipinski definition) is 0. The average molecular weight is 374 g/mol. The lowest BCUT2D eigenvalue weighted by molar-refractivity contribution is -0.634. The van der Waals surface area contributed by atoms with Crippen LogP contribution in [-0.2, 0) is 7.05 Å². The molecule has 1 atom stereocenters. The van der Waals surface area contributed by atoms with E-state index in [9.17, 15) is 0 Å². The third kappa shape index (κ3) is 3.13. The maximum atomic E-state index is 5.18. The van der Waals surface area contributed by atoms with E-state index in [0.29, 0.717) is 11.3 Å². The Bertz CT molecular complexity index is 1080. The number of rotatable bonds is 2. The third-order valence-corrected chi connectivity index (χ3v) is 6.84. The minimum atomic E-state index is 0.445. The Morgan fingerprint density at radius 1 is 1.07 bits per heavy atom. The SMILES string of the molecule is Cc1cc(C)c(C)c(-c2c(C)nc3c(C4CCC(C)(C)C4)cccc3[n+]2C)c1. The van der Waals surface area contributed by atoms with Gasteiger partial charge < -0.3 is 0 Å². The minimum Gasteiger partial charge on any atom is -0.239 e. The molecule has 0 radical (unpaired) electrons. The summed E-state index contributed by atoms with van der Waals surface area (Å²) in [6, 6.07) is 11.3. The molecule has 2 nitrogen and oxygen atoms in total. The van der Waals surface area contributed by atoms with Crippen molar-refractivity contribution in [2.45, 2.75) is 66.7 Å². The first-order valence-corrected chi connectivity index (χ1v) is 10.6. The zero-order valence-corrected chi connectivity index (χ0v) is 18.5. The van der Waals surface area contributed by atoms with Crippen molar-refractivity contribution in [1.29, 1.82) is 0 Å². The fourth-order valence-electron chi connectivity index (χ4n) is 5.22. The Morgan fingerprint density at radius 3 is 2.50 bits per heavy atom. The van der Waals surface area contributed by atoms with Crippen LogP contribution in [0.5, 0.6) is 0 Å². The molecule has 146 valence electrons. The highest BCUT2D eigenvalue weighted by Gasteiger charge is 2.34. The van der Waals surface area contributed by atoms with Crippen molar-refractivity contribution in [1.82, 2.24) is 4.98 Å². The first kappa shape index (κ1) is 19.1. The van der Waals surface area contributed by atoms with Crippen LogP contribution in [0, 0.1) is 33.1 Å².